The van der Waals surface area contributed by atoms with Crippen molar-refractivity contribution in [3.63, 3.8) is 0 Å². The Morgan fingerprint density at radius 2 is 1.16 bits per heavy atom. The Hall–Kier alpha value is -4.25. The SMILES string of the molecule is Fc1ccc(-c2cc3cc4ccc(cc5nc(cc6nc(cc2[nH]3)C=C6)C=C5)[nH]4)cc1. The van der Waals surface area contributed by atoms with E-state index in [1.54, 1.807) is 12.1 Å². The van der Waals surface area contributed by atoms with Crippen molar-refractivity contribution in [2.75, 3.05) is 0 Å². The lowest BCUT2D eigenvalue weighted by molar-refractivity contribution is 0.628. The fraction of sp³-hybridized carbons (Fsp3) is 0. The summed E-state index contributed by atoms with van der Waals surface area (Å²) in [5.41, 5.74) is 9.21. The van der Waals surface area contributed by atoms with Gasteiger partial charge in [-0.15, -0.1) is 0 Å². The summed E-state index contributed by atoms with van der Waals surface area (Å²) in [4.78, 5) is 16.2. The molecule has 0 unspecified atom stereocenters. The van der Waals surface area contributed by atoms with Crippen LogP contribution in [0.25, 0.3) is 57.5 Å². The minimum atomic E-state index is -0.251. The Morgan fingerprint density at radius 3 is 1.87 bits per heavy atom. The average Bonchev–Trinajstić information content (AvgIpc) is 3.54. The van der Waals surface area contributed by atoms with E-state index in [0.29, 0.717) is 0 Å². The van der Waals surface area contributed by atoms with Gasteiger partial charge in [0.2, 0.25) is 0 Å². The first-order chi connectivity index (χ1) is 15.2. The summed E-state index contributed by atoms with van der Waals surface area (Å²) in [6.45, 7) is 0. The predicted octanol–water partition coefficient (Wildman–Crippen LogP) is 6.46. The quantitative estimate of drug-likeness (QED) is 0.330. The van der Waals surface area contributed by atoms with Crippen molar-refractivity contribution in [1.82, 2.24) is 19.9 Å². The maximum Gasteiger partial charge on any atom is 0.123 e. The van der Waals surface area contributed by atoms with Crippen LogP contribution < -0.4 is 0 Å². The third kappa shape index (κ3) is 3.46. The first-order valence-corrected chi connectivity index (χ1v) is 10.0. The highest BCUT2D eigenvalue weighted by molar-refractivity contribution is 5.87. The van der Waals surface area contributed by atoms with Gasteiger partial charge < -0.3 is 9.97 Å². The van der Waals surface area contributed by atoms with E-state index in [2.05, 4.69) is 27.1 Å². The number of fused-ring (bicyclic) bond motifs is 8. The molecule has 2 aliphatic heterocycles. The Labute approximate surface area is 177 Å². The summed E-state index contributed by atoms with van der Waals surface area (Å²) in [7, 11) is 0. The van der Waals surface area contributed by atoms with E-state index >= 15 is 0 Å². The summed E-state index contributed by atoms with van der Waals surface area (Å²) in [6.07, 6.45) is 7.94. The molecule has 0 amide bonds. The van der Waals surface area contributed by atoms with E-state index in [4.69, 9.17) is 4.98 Å². The first-order valence-electron chi connectivity index (χ1n) is 10.0. The molecule has 0 radical (unpaired) electrons. The van der Waals surface area contributed by atoms with Crippen LogP contribution in [-0.4, -0.2) is 19.9 Å². The van der Waals surface area contributed by atoms with Crippen molar-refractivity contribution >= 4 is 46.4 Å². The van der Waals surface area contributed by atoms with Crippen LogP contribution >= 0.6 is 0 Å². The lowest BCUT2D eigenvalue weighted by atomic mass is 10.1. The van der Waals surface area contributed by atoms with Crippen molar-refractivity contribution < 1.29 is 4.39 Å². The molecule has 3 aromatic heterocycles. The molecule has 5 heteroatoms. The van der Waals surface area contributed by atoms with Gasteiger partial charge in [-0.25, -0.2) is 14.4 Å². The van der Waals surface area contributed by atoms with Gasteiger partial charge in [-0.05, 0) is 84.5 Å². The summed E-state index contributed by atoms with van der Waals surface area (Å²) in [6, 6.07) is 20.7. The molecule has 8 bridgehead atoms. The van der Waals surface area contributed by atoms with Gasteiger partial charge in [0, 0.05) is 27.6 Å². The van der Waals surface area contributed by atoms with Crippen LogP contribution in [0.2, 0.25) is 0 Å². The molecule has 0 aliphatic carbocycles. The molecule has 0 spiro atoms. The zero-order valence-electron chi connectivity index (χ0n) is 16.4. The zero-order valence-corrected chi connectivity index (χ0v) is 16.4. The Balaban J connectivity index is 1.67. The molecule has 1 aromatic carbocycles. The van der Waals surface area contributed by atoms with E-state index in [9.17, 15) is 4.39 Å². The van der Waals surface area contributed by atoms with Gasteiger partial charge in [-0.3, -0.25) is 0 Å². The molecule has 6 rings (SSSR count). The number of nitrogens with zero attached hydrogens (tertiary/aromatic N) is 2. The standard InChI is InChI=1S/C26H17FN4/c27-17-3-1-16(2-4-17)25-14-24-13-22-8-7-20(29-22)11-18-5-6-19(28-18)12-21-9-10-23(30-21)15-26(25)31-24/h1-15,29,31H. The maximum atomic E-state index is 13.5. The van der Waals surface area contributed by atoms with Gasteiger partial charge in [0.15, 0.2) is 0 Å². The van der Waals surface area contributed by atoms with Crippen LogP contribution in [0.15, 0.2) is 66.7 Å². The van der Waals surface area contributed by atoms with Crippen LogP contribution in [0.1, 0.15) is 22.8 Å². The third-order valence-electron chi connectivity index (χ3n) is 5.32. The number of halogens is 1. The number of benzene rings is 1. The lowest BCUT2D eigenvalue weighted by Crippen LogP contribution is -1.79. The summed E-state index contributed by atoms with van der Waals surface area (Å²) >= 11 is 0. The van der Waals surface area contributed by atoms with E-state index in [1.165, 1.54) is 12.1 Å². The molecule has 2 aliphatic rings. The maximum absolute atomic E-state index is 13.5. The lowest BCUT2D eigenvalue weighted by Gasteiger charge is -1.98. The van der Waals surface area contributed by atoms with Crippen LogP contribution in [-0.2, 0) is 0 Å². The number of rotatable bonds is 1. The van der Waals surface area contributed by atoms with Gasteiger partial charge in [-0.1, -0.05) is 12.1 Å². The van der Waals surface area contributed by atoms with E-state index in [1.807, 2.05) is 54.6 Å². The summed E-state index contributed by atoms with van der Waals surface area (Å²) in [5, 5.41) is 0. The van der Waals surface area contributed by atoms with Crippen molar-refractivity contribution in [2.45, 2.75) is 0 Å². The molecule has 4 aromatic rings. The van der Waals surface area contributed by atoms with Crippen LogP contribution in [0.5, 0.6) is 0 Å². The summed E-state index contributed by atoms with van der Waals surface area (Å²) < 4.78 is 13.5. The van der Waals surface area contributed by atoms with Gasteiger partial charge in [0.05, 0.1) is 22.8 Å². The number of nitrogens with one attached hydrogen (secondary N) is 2. The van der Waals surface area contributed by atoms with E-state index in [0.717, 1.165) is 56.0 Å². The molecule has 0 saturated heterocycles. The third-order valence-corrected chi connectivity index (χ3v) is 5.32. The molecule has 2 N–H and O–H groups in total. The molecule has 0 atom stereocenters. The number of aromatic nitrogens is 4. The fourth-order valence-corrected chi connectivity index (χ4v) is 3.89. The van der Waals surface area contributed by atoms with Gasteiger partial charge in [-0.2, -0.15) is 0 Å². The van der Waals surface area contributed by atoms with Gasteiger partial charge in [0.25, 0.3) is 0 Å². The second-order valence-corrected chi connectivity index (χ2v) is 7.60. The number of hydrogen-bond donors (Lipinski definition) is 2. The Morgan fingerprint density at radius 1 is 0.548 bits per heavy atom. The Bertz CT molecular complexity index is 1540. The highest BCUT2D eigenvalue weighted by Gasteiger charge is 2.07. The molecule has 4 nitrogen and oxygen atoms in total. The molecule has 148 valence electrons. The van der Waals surface area contributed by atoms with Crippen molar-refractivity contribution in [1.29, 1.82) is 0 Å². The molecule has 31 heavy (non-hydrogen) atoms. The zero-order chi connectivity index (χ0) is 20.8. The van der Waals surface area contributed by atoms with Gasteiger partial charge in [0.1, 0.15) is 5.82 Å². The van der Waals surface area contributed by atoms with E-state index < -0.39 is 0 Å². The van der Waals surface area contributed by atoms with Gasteiger partial charge >= 0.3 is 0 Å². The molecular weight excluding hydrogens is 387 g/mol. The average molecular weight is 404 g/mol. The van der Waals surface area contributed by atoms with Crippen LogP contribution in [0.3, 0.4) is 0 Å². The van der Waals surface area contributed by atoms with E-state index in [-0.39, 0.29) is 5.82 Å². The van der Waals surface area contributed by atoms with Crippen molar-refractivity contribution in [3.8, 4) is 11.1 Å². The second kappa shape index (κ2) is 6.92. The van der Waals surface area contributed by atoms with Crippen molar-refractivity contribution in [3.05, 3.63) is 95.3 Å². The smallest absolute Gasteiger partial charge is 0.123 e. The van der Waals surface area contributed by atoms with Crippen molar-refractivity contribution in [2.24, 2.45) is 0 Å². The first kappa shape index (κ1) is 17.6. The largest absolute Gasteiger partial charge is 0.355 e. The predicted molar refractivity (Wildman–Crippen MR) is 124 cm³/mol. The monoisotopic (exact) mass is 404 g/mol. The molecular formula is C26H17FN4. The Kier molecular flexibility index (Phi) is 3.93. The number of aromatic amines is 2. The highest BCUT2D eigenvalue weighted by Crippen LogP contribution is 2.27. The minimum absolute atomic E-state index is 0.251. The molecule has 0 saturated carbocycles. The molecule has 5 heterocycles. The number of hydrogen-bond acceptors (Lipinski definition) is 2. The molecule has 0 fully saturated rings. The fourth-order valence-electron chi connectivity index (χ4n) is 3.89. The van der Waals surface area contributed by atoms with Crippen LogP contribution in [0.4, 0.5) is 4.39 Å². The highest BCUT2D eigenvalue weighted by atomic mass is 19.1. The second-order valence-electron chi connectivity index (χ2n) is 7.60. The van der Waals surface area contributed by atoms with Crippen LogP contribution in [0, 0.1) is 5.82 Å². The normalized spacial score (nSPS) is 12.4. The minimum Gasteiger partial charge on any atom is -0.355 e. The number of H-pyrrole nitrogens is 2. The topological polar surface area (TPSA) is 57.4 Å². The summed E-state index contributed by atoms with van der Waals surface area (Å²) in [5.74, 6) is -0.251.